The molecule has 2 heterocycles. The van der Waals surface area contributed by atoms with Crippen LogP contribution in [0.4, 0.5) is 0 Å². The van der Waals surface area contributed by atoms with Crippen molar-refractivity contribution in [2.75, 3.05) is 52.4 Å². The summed E-state index contributed by atoms with van der Waals surface area (Å²) in [4.78, 5) is 28.3. The van der Waals surface area contributed by atoms with E-state index in [0.717, 1.165) is 58.8 Å². The molecule has 0 bridgehead atoms. The van der Waals surface area contributed by atoms with Crippen LogP contribution in [0.25, 0.3) is 0 Å². The lowest BCUT2D eigenvalue weighted by atomic mass is 9.97. The smallest absolute Gasteiger partial charge is 0.223 e. The van der Waals surface area contributed by atoms with Gasteiger partial charge < -0.3 is 20.4 Å². The van der Waals surface area contributed by atoms with Crippen LogP contribution in [0.15, 0.2) is 0 Å². The van der Waals surface area contributed by atoms with Gasteiger partial charge in [0, 0.05) is 58.2 Å². The van der Waals surface area contributed by atoms with Crippen LogP contribution in [-0.4, -0.2) is 74.0 Å². The van der Waals surface area contributed by atoms with E-state index in [9.17, 15) is 9.59 Å². The molecule has 2 saturated heterocycles. The van der Waals surface area contributed by atoms with Gasteiger partial charge in [-0.15, -0.1) is 0 Å². The summed E-state index contributed by atoms with van der Waals surface area (Å²) >= 11 is 0. The molecule has 0 spiro atoms. The molecular weight excluding hydrogens is 292 g/mol. The van der Waals surface area contributed by atoms with Crippen LogP contribution in [0.1, 0.15) is 33.1 Å². The van der Waals surface area contributed by atoms with E-state index in [1.165, 1.54) is 6.42 Å². The highest BCUT2D eigenvalue weighted by Crippen LogP contribution is 2.16. The van der Waals surface area contributed by atoms with E-state index in [4.69, 9.17) is 0 Å². The molecule has 2 amide bonds. The summed E-state index contributed by atoms with van der Waals surface area (Å²) < 4.78 is 0. The normalized spacial score (nSPS) is 23.1. The van der Waals surface area contributed by atoms with E-state index in [0.29, 0.717) is 12.3 Å². The zero-order valence-corrected chi connectivity index (χ0v) is 14.6. The second-order valence-electron chi connectivity index (χ2n) is 7.09. The Hall–Kier alpha value is -1.14. The van der Waals surface area contributed by atoms with Crippen molar-refractivity contribution in [3.63, 3.8) is 0 Å². The minimum absolute atomic E-state index is 0.0475. The van der Waals surface area contributed by atoms with Crippen LogP contribution in [0.5, 0.6) is 0 Å². The molecular formula is C17H32N4O2. The van der Waals surface area contributed by atoms with Gasteiger partial charge in [-0.25, -0.2) is 0 Å². The predicted octanol–water partition coefficient (Wildman–Crippen LogP) is 0.293. The van der Waals surface area contributed by atoms with Crippen molar-refractivity contribution < 1.29 is 9.59 Å². The SMILES string of the molecule is CC(C)C(=O)NCC1CCCN(CCC(=O)N2CCNCC2)C1. The highest BCUT2D eigenvalue weighted by molar-refractivity contribution is 5.77. The molecule has 0 saturated carbocycles. The molecule has 1 unspecified atom stereocenters. The number of piperazine rings is 1. The molecule has 132 valence electrons. The second kappa shape index (κ2) is 9.23. The summed E-state index contributed by atoms with van der Waals surface area (Å²) in [5.74, 6) is 0.977. The standard InChI is InChI=1S/C17H32N4O2/c1-14(2)17(23)19-12-15-4-3-8-20(13-15)9-5-16(22)21-10-6-18-7-11-21/h14-15,18H,3-13H2,1-2H3,(H,19,23). The first kappa shape index (κ1) is 18.2. The molecule has 0 aromatic carbocycles. The summed E-state index contributed by atoms with van der Waals surface area (Å²) in [6, 6.07) is 0. The minimum Gasteiger partial charge on any atom is -0.356 e. The van der Waals surface area contributed by atoms with Crippen LogP contribution >= 0.6 is 0 Å². The monoisotopic (exact) mass is 324 g/mol. The average molecular weight is 324 g/mol. The van der Waals surface area contributed by atoms with Gasteiger partial charge in [0.05, 0.1) is 0 Å². The van der Waals surface area contributed by atoms with Crippen LogP contribution in [0.3, 0.4) is 0 Å². The van der Waals surface area contributed by atoms with E-state index in [1.807, 2.05) is 18.7 Å². The zero-order chi connectivity index (χ0) is 16.7. The number of amides is 2. The Morgan fingerprint density at radius 3 is 2.65 bits per heavy atom. The number of carbonyl (C=O) groups excluding carboxylic acids is 2. The van der Waals surface area contributed by atoms with E-state index < -0.39 is 0 Å². The molecule has 1 atom stereocenters. The molecule has 23 heavy (non-hydrogen) atoms. The molecule has 2 fully saturated rings. The first-order valence-corrected chi connectivity index (χ1v) is 9.05. The number of nitrogens with one attached hydrogen (secondary N) is 2. The molecule has 2 aliphatic heterocycles. The quantitative estimate of drug-likeness (QED) is 0.737. The molecule has 0 radical (unpaired) electrons. The third kappa shape index (κ3) is 6.11. The van der Waals surface area contributed by atoms with Crippen molar-refractivity contribution >= 4 is 11.8 Å². The number of piperidine rings is 1. The van der Waals surface area contributed by atoms with Crippen molar-refractivity contribution in [1.82, 2.24) is 20.4 Å². The lowest BCUT2D eigenvalue weighted by Crippen LogP contribution is -2.47. The van der Waals surface area contributed by atoms with Crippen molar-refractivity contribution in [3.05, 3.63) is 0 Å². The highest BCUT2D eigenvalue weighted by atomic mass is 16.2. The summed E-state index contributed by atoms with van der Waals surface area (Å²) in [7, 11) is 0. The van der Waals surface area contributed by atoms with Crippen LogP contribution < -0.4 is 10.6 Å². The van der Waals surface area contributed by atoms with Crippen molar-refractivity contribution in [3.8, 4) is 0 Å². The number of rotatable bonds is 6. The number of likely N-dealkylation sites (tertiary alicyclic amines) is 1. The van der Waals surface area contributed by atoms with Crippen molar-refractivity contribution in [2.45, 2.75) is 33.1 Å². The number of hydrogen-bond acceptors (Lipinski definition) is 4. The molecule has 2 aliphatic rings. The maximum absolute atomic E-state index is 12.2. The second-order valence-corrected chi connectivity index (χ2v) is 7.09. The third-order valence-corrected chi connectivity index (χ3v) is 4.80. The van der Waals surface area contributed by atoms with Gasteiger partial charge in [0.15, 0.2) is 0 Å². The molecule has 6 heteroatoms. The average Bonchev–Trinajstić information content (AvgIpc) is 2.58. The van der Waals surface area contributed by atoms with Crippen molar-refractivity contribution in [2.24, 2.45) is 11.8 Å². The maximum Gasteiger partial charge on any atom is 0.223 e. The van der Waals surface area contributed by atoms with Gasteiger partial charge in [0.2, 0.25) is 11.8 Å². The third-order valence-electron chi connectivity index (χ3n) is 4.80. The van der Waals surface area contributed by atoms with Crippen LogP contribution in [0, 0.1) is 11.8 Å². The minimum atomic E-state index is 0.0475. The Bertz CT molecular complexity index is 394. The fourth-order valence-electron chi connectivity index (χ4n) is 3.30. The summed E-state index contributed by atoms with van der Waals surface area (Å²) in [5, 5.41) is 6.31. The lowest BCUT2D eigenvalue weighted by molar-refractivity contribution is -0.132. The van der Waals surface area contributed by atoms with E-state index in [1.54, 1.807) is 0 Å². The number of nitrogens with zero attached hydrogens (tertiary/aromatic N) is 2. The highest BCUT2D eigenvalue weighted by Gasteiger charge is 2.22. The Labute approximate surface area is 140 Å². The Morgan fingerprint density at radius 1 is 1.22 bits per heavy atom. The summed E-state index contributed by atoms with van der Waals surface area (Å²) in [5.41, 5.74) is 0. The fraction of sp³-hybridized carbons (Fsp3) is 0.882. The molecule has 2 N–H and O–H groups in total. The maximum atomic E-state index is 12.2. The topological polar surface area (TPSA) is 64.7 Å². The molecule has 6 nitrogen and oxygen atoms in total. The summed E-state index contributed by atoms with van der Waals surface area (Å²) in [6.45, 7) is 11.0. The van der Waals surface area contributed by atoms with Gasteiger partial charge in [-0.05, 0) is 25.3 Å². The Balaban J connectivity index is 1.67. The van der Waals surface area contributed by atoms with Gasteiger partial charge >= 0.3 is 0 Å². The first-order chi connectivity index (χ1) is 11.1. The van der Waals surface area contributed by atoms with Crippen molar-refractivity contribution in [1.29, 1.82) is 0 Å². The summed E-state index contributed by atoms with van der Waals surface area (Å²) in [6.07, 6.45) is 2.94. The molecule has 0 aromatic rings. The largest absolute Gasteiger partial charge is 0.356 e. The lowest BCUT2D eigenvalue weighted by Gasteiger charge is -2.34. The van der Waals surface area contributed by atoms with Gasteiger partial charge in [0.1, 0.15) is 0 Å². The molecule has 2 rings (SSSR count). The Kier molecular flexibility index (Phi) is 7.30. The number of hydrogen-bond donors (Lipinski definition) is 2. The molecule has 0 aliphatic carbocycles. The van der Waals surface area contributed by atoms with Gasteiger partial charge in [-0.2, -0.15) is 0 Å². The zero-order valence-electron chi connectivity index (χ0n) is 14.6. The van der Waals surface area contributed by atoms with E-state index >= 15 is 0 Å². The first-order valence-electron chi connectivity index (χ1n) is 9.05. The fourth-order valence-corrected chi connectivity index (χ4v) is 3.30. The van der Waals surface area contributed by atoms with Gasteiger partial charge in [-0.1, -0.05) is 13.8 Å². The predicted molar refractivity (Wildman–Crippen MR) is 91.1 cm³/mol. The van der Waals surface area contributed by atoms with Crippen LogP contribution in [0.2, 0.25) is 0 Å². The molecule has 0 aromatic heterocycles. The van der Waals surface area contributed by atoms with Gasteiger partial charge in [-0.3, -0.25) is 9.59 Å². The van der Waals surface area contributed by atoms with Crippen LogP contribution in [-0.2, 0) is 9.59 Å². The van der Waals surface area contributed by atoms with E-state index in [2.05, 4.69) is 15.5 Å². The van der Waals surface area contributed by atoms with E-state index in [-0.39, 0.29) is 17.7 Å². The Morgan fingerprint density at radius 2 is 1.96 bits per heavy atom. The van der Waals surface area contributed by atoms with Gasteiger partial charge in [0.25, 0.3) is 0 Å². The number of carbonyl (C=O) groups is 2.